The molecule has 0 saturated carbocycles. The molecule has 0 aliphatic heterocycles. The van der Waals surface area contributed by atoms with Gasteiger partial charge in [-0.1, -0.05) is 44.2 Å². The topological polar surface area (TPSA) is 49.8 Å². The average molecular weight is 284 g/mol. The number of rotatable bonds is 6. The fourth-order valence-electron chi connectivity index (χ4n) is 2.09. The van der Waals surface area contributed by atoms with E-state index in [0.717, 1.165) is 36.1 Å². The molecule has 0 spiro atoms. The number of hydrogen-bond acceptors (Lipinski definition) is 4. The molecule has 0 unspecified atom stereocenters. The lowest BCUT2D eigenvalue weighted by Gasteiger charge is -2.16. The summed E-state index contributed by atoms with van der Waals surface area (Å²) in [6.45, 7) is 9.97. The number of nitrogens with one attached hydrogen (secondary N) is 2. The van der Waals surface area contributed by atoms with Crippen LogP contribution in [-0.4, -0.2) is 16.5 Å². The maximum atomic E-state index is 4.67. The molecule has 0 bridgehead atoms. The summed E-state index contributed by atoms with van der Waals surface area (Å²) in [5.74, 6) is 3.01. The minimum Gasteiger partial charge on any atom is -0.370 e. The van der Waals surface area contributed by atoms with Crippen molar-refractivity contribution in [1.29, 1.82) is 0 Å². The van der Waals surface area contributed by atoms with Gasteiger partial charge in [0.15, 0.2) is 0 Å². The van der Waals surface area contributed by atoms with Crippen molar-refractivity contribution in [1.82, 2.24) is 9.97 Å². The van der Waals surface area contributed by atoms with Crippen LogP contribution in [0.1, 0.15) is 43.6 Å². The number of hydrogen-bond donors (Lipinski definition) is 2. The SMILES string of the molecule is CCNc1nc(C(C)C)nc(NCc2ccccc2)c1C. The standard InChI is InChI=1S/C17H24N4/c1-5-18-16-13(4)17(21-15(20-16)12(2)3)19-11-14-9-7-6-8-10-14/h6-10,12H,5,11H2,1-4H3,(H2,18,19,20,21). The van der Waals surface area contributed by atoms with Crippen molar-refractivity contribution in [3.05, 3.63) is 47.3 Å². The Labute approximate surface area is 127 Å². The molecule has 4 nitrogen and oxygen atoms in total. The van der Waals surface area contributed by atoms with Crippen molar-refractivity contribution < 1.29 is 0 Å². The molecule has 0 fully saturated rings. The summed E-state index contributed by atoms with van der Waals surface area (Å²) in [5.41, 5.74) is 2.31. The Morgan fingerprint density at radius 1 is 1.00 bits per heavy atom. The third kappa shape index (κ3) is 3.94. The molecule has 1 heterocycles. The highest BCUT2D eigenvalue weighted by molar-refractivity contribution is 5.57. The van der Waals surface area contributed by atoms with Gasteiger partial charge in [-0.25, -0.2) is 9.97 Å². The smallest absolute Gasteiger partial charge is 0.135 e. The van der Waals surface area contributed by atoms with E-state index in [1.54, 1.807) is 0 Å². The molecule has 0 amide bonds. The molecule has 1 aromatic carbocycles. The maximum Gasteiger partial charge on any atom is 0.135 e. The van der Waals surface area contributed by atoms with Gasteiger partial charge in [0, 0.05) is 24.6 Å². The van der Waals surface area contributed by atoms with Gasteiger partial charge < -0.3 is 10.6 Å². The second kappa shape index (κ2) is 7.07. The molecular weight excluding hydrogens is 260 g/mol. The number of aromatic nitrogens is 2. The Hall–Kier alpha value is -2.10. The third-order valence-corrected chi connectivity index (χ3v) is 3.33. The van der Waals surface area contributed by atoms with Crippen molar-refractivity contribution in [2.45, 2.75) is 40.2 Å². The first-order chi connectivity index (χ1) is 10.1. The van der Waals surface area contributed by atoms with Gasteiger partial charge in [-0.2, -0.15) is 0 Å². The van der Waals surface area contributed by atoms with Crippen molar-refractivity contribution >= 4 is 11.6 Å². The van der Waals surface area contributed by atoms with Crippen LogP contribution in [0.15, 0.2) is 30.3 Å². The zero-order valence-electron chi connectivity index (χ0n) is 13.3. The molecule has 0 radical (unpaired) electrons. The predicted octanol–water partition coefficient (Wildman–Crippen LogP) is 3.95. The fourth-order valence-corrected chi connectivity index (χ4v) is 2.09. The summed E-state index contributed by atoms with van der Waals surface area (Å²) in [6.07, 6.45) is 0. The van der Waals surface area contributed by atoms with E-state index >= 15 is 0 Å². The Morgan fingerprint density at radius 3 is 2.19 bits per heavy atom. The van der Waals surface area contributed by atoms with Crippen LogP contribution in [0.4, 0.5) is 11.6 Å². The molecular formula is C17H24N4. The van der Waals surface area contributed by atoms with E-state index in [1.807, 2.05) is 18.2 Å². The molecule has 4 heteroatoms. The van der Waals surface area contributed by atoms with Crippen molar-refractivity contribution in [2.24, 2.45) is 0 Å². The monoisotopic (exact) mass is 284 g/mol. The van der Waals surface area contributed by atoms with E-state index in [0.29, 0.717) is 5.92 Å². The van der Waals surface area contributed by atoms with E-state index in [1.165, 1.54) is 5.56 Å². The molecule has 0 aliphatic carbocycles. The van der Waals surface area contributed by atoms with Crippen LogP contribution in [0.25, 0.3) is 0 Å². The highest BCUT2D eigenvalue weighted by atomic mass is 15.1. The Bertz CT molecular complexity index is 579. The van der Waals surface area contributed by atoms with Crippen LogP contribution in [0.2, 0.25) is 0 Å². The minimum absolute atomic E-state index is 0.306. The predicted molar refractivity (Wildman–Crippen MR) is 88.8 cm³/mol. The Kier molecular flexibility index (Phi) is 5.14. The van der Waals surface area contributed by atoms with Crippen molar-refractivity contribution in [3.8, 4) is 0 Å². The van der Waals surface area contributed by atoms with Gasteiger partial charge in [0.2, 0.25) is 0 Å². The molecule has 2 aromatic rings. The normalized spacial score (nSPS) is 10.7. The summed E-state index contributed by atoms with van der Waals surface area (Å²) in [5, 5.41) is 6.75. The summed E-state index contributed by atoms with van der Waals surface area (Å²) in [7, 11) is 0. The Balaban J connectivity index is 2.24. The largest absolute Gasteiger partial charge is 0.370 e. The van der Waals surface area contributed by atoms with Gasteiger partial charge in [-0.3, -0.25) is 0 Å². The van der Waals surface area contributed by atoms with Crippen LogP contribution in [0, 0.1) is 6.92 Å². The molecule has 1 aromatic heterocycles. The van der Waals surface area contributed by atoms with Crippen molar-refractivity contribution in [3.63, 3.8) is 0 Å². The summed E-state index contributed by atoms with van der Waals surface area (Å²) in [4.78, 5) is 9.28. The van der Waals surface area contributed by atoms with Crippen LogP contribution < -0.4 is 10.6 Å². The lowest BCUT2D eigenvalue weighted by Crippen LogP contribution is -2.12. The van der Waals surface area contributed by atoms with Gasteiger partial charge >= 0.3 is 0 Å². The zero-order chi connectivity index (χ0) is 15.2. The number of anilines is 2. The first-order valence-corrected chi connectivity index (χ1v) is 7.52. The first kappa shape index (κ1) is 15.3. The summed E-state index contributed by atoms with van der Waals surface area (Å²) in [6, 6.07) is 10.3. The lowest BCUT2D eigenvalue weighted by molar-refractivity contribution is 0.772. The molecule has 0 saturated heterocycles. The lowest BCUT2D eigenvalue weighted by atomic mass is 10.2. The minimum atomic E-state index is 0.306. The average Bonchev–Trinajstić information content (AvgIpc) is 2.49. The molecule has 112 valence electrons. The molecule has 2 rings (SSSR count). The summed E-state index contributed by atoms with van der Waals surface area (Å²) < 4.78 is 0. The zero-order valence-corrected chi connectivity index (χ0v) is 13.3. The van der Waals surface area contributed by atoms with Gasteiger partial charge in [0.05, 0.1) is 0 Å². The first-order valence-electron chi connectivity index (χ1n) is 7.52. The van der Waals surface area contributed by atoms with Gasteiger partial charge in [-0.15, -0.1) is 0 Å². The van der Waals surface area contributed by atoms with E-state index in [2.05, 4.69) is 60.4 Å². The van der Waals surface area contributed by atoms with Gasteiger partial charge in [-0.05, 0) is 19.4 Å². The maximum absolute atomic E-state index is 4.67. The molecule has 0 aliphatic rings. The summed E-state index contributed by atoms with van der Waals surface area (Å²) >= 11 is 0. The van der Waals surface area contributed by atoms with E-state index < -0.39 is 0 Å². The van der Waals surface area contributed by atoms with Gasteiger partial charge in [0.25, 0.3) is 0 Å². The molecule has 2 N–H and O–H groups in total. The second-order valence-corrected chi connectivity index (χ2v) is 5.43. The highest BCUT2D eigenvalue weighted by Crippen LogP contribution is 2.23. The van der Waals surface area contributed by atoms with Gasteiger partial charge in [0.1, 0.15) is 17.5 Å². The van der Waals surface area contributed by atoms with Crippen LogP contribution in [-0.2, 0) is 6.54 Å². The molecule has 0 atom stereocenters. The number of nitrogens with zero attached hydrogens (tertiary/aromatic N) is 2. The quantitative estimate of drug-likeness (QED) is 0.843. The van der Waals surface area contributed by atoms with E-state index in [-0.39, 0.29) is 0 Å². The fraction of sp³-hybridized carbons (Fsp3) is 0.412. The van der Waals surface area contributed by atoms with Crippen molar-refractivity contribution in [2.75, 3.05) is 17.2 Å². The van der Waals surface area contributed by atoms with Crippen LogP contribution in [0.3, 0.4) is 0 Å². The van der Waals surface area contributed by atoms with Crippen LogP contribution >= 0.6 is 0 Å². The third-order valence-electron chi connectivity index (χ3n) is 3.33. The number of benzene rings is 1. The van der Waals surface area contributed by atoms with E-state index in [9.17, 15) is 0 Å². The second-order valence-electron chi connectivity index (χ2n) is 5.43. The highest BCUT2D eigenvalue weighted by Gasteiger charge is 2.12. The van der Waals surface area contributed by atoms with Crippen LogP contribution in [0.5, 0.6) is 0 Å². The Morgan fingerprint density at radius 2 is 1.62 bits per heavy atom. The molecule has 21 heavy (non-hydrogen) atoms. The van der Waals surface area contributed by atoms with E-state index in [4.69, 9.17) is 0 Å².